The van der Waals surface area contributed by atoms with Crippen LogP contribution in [0.5, 0.6) is 0 Å². The molecule has 1 atom stereocenters. The number of nitrogens with zero attached hydrogens (tertiary/aromatic N) is 1. The van der Waals surface area contributed by atoms with E-state index in [4.69, 9.17) is 0 Å². The van der Waals surface area contributed by atoms with Crippen LogP contribution in [0.3, 0.4) is 0 Å². The van der Waals surface area contributed by atoms with Crippen LogP contribution in [-0.2, 0) is 17.9 Å². The molecule has 1 N–H and O–H groups in total. The van der Waals surface area contributed by atoms with Crippen molar-refractivity contribution in [3.05, 3.63) is 71.8 Å². The van der Waals surface area contributed by atoms with E-state index in [1.54, 1.807) is 0 Å². The van der Waals surface area contributed by atoms with E-state index in [2.05, 4.69) is 77.8 Å². The van der Waals surface area contributed by atoms with Crippen molar-refractivity contribution in [3.63, 3.8) is 0 Å². The zero-order valence-corrected chi connectivity index (χ0v) is 15.7. The lowest BCUT2D eigenvalue weighted by molar-refractivity contribution is -0.122. The smallest absolute Gasteiger partial charge is 0.221 e. The van der Waals surface area contributed by atoms with Crippen molar-refractivity contribution in [2.24, 2.45) is 0 Å². The standard InChI is InChI=1S/C23H30N2O/c1-2-9-22(16-23(26)24-21-14-15-21)25(17-19-10-5-3-6-11-19)18-20-12-7-4-8-13-20/h3-8,10-13,21-22H,2,9,14-18H2,1H3,(H,24,26)/t22-/m1/s1. The first kappa shape index (κ1) is 18.7. The van der Waals surface area contributed by atoms with E-state index >= 15 is 0 Å². The molecule has 0 unspecified atom stereocenters. The highest BCUT2D eigenvalue weighted by atomic mass is 16.1. The van der Waals surface area contributed by atoms with Crippen LogP contribution in [0, 0.1) is 0 Å². The minimum Gasteiger partial charge on any atom is -0.353 e. The summed E-state index contributed by atoms with van der Waals surface area (Å²) in [5.74, 6) is 0.206. The topological polar surface area (TPSA) is 32.3 Å². The summed E-state index contributed by atoms with van der Waals surface area (Å²) in [5, 5.41) is 3.16. The number of rotatable bonds is 10. The molecule has 1 fully saturated rings. The van der Waals surface area contributed by atoms with E-state index in [0.717, 1.165) is 38.8 Å². The Morgan fingerprint density at radius 3 is 2.00 bits per heavy atom. The molecule has 1 aliphatic rings. The fourth-order valence-electron chi connectivity index (χ4n) is 3.43. The predicted octanol–water partition coefficient (Wildman–Crippen LogP) is 4.53. The Labute approximate surface area is 157 Å². The van der Waals surface area contributed by atoms with Crippen LogP contribution in [-0.4, -0.2) is 22.9 Å². The number of carbonyl (C=O) groups is 1. The van der Waals surface area contributed by atoms with Crippen molar-refractivity contribution in [2.45, 2.75) is 64.2 Å². The summed E-state index contributed by atoms with van der Waals surface area (Å²) in [7, 11) is 0. The average Bonchev–Trinajstić information content (AvgIpc) is 3.46. The molecular weight excluding hydrogens is 320 g/mol. The minimum atomic E-state index is 0.206. The summed E-state index contributed by atoms with van der Waals surface area (Å²) in [4.78, 5) is 14.9. The van der Waals surface area contributed by atoms with Crippen LogP contribution in [0.25, 0.3) is 0 Å². The van der Waals surface area contributed by atoms with E-state index in [1.807, 2.05) is 0 Å². The molecule has 3 nitrogen and oxygen atoms in total. The number of benzene rings is 2. The third-order valence-corrected chi connectivity index (χ3v) is 4.96. The second-order valence-corrected chi connectivity index (χ2v) is 7.36. The van der Waals surface area contributed by atoms with Gasteiger partial charge in [0.25, 0.3) is 0 Å². The Hall–Kier alpha value is -2.13. The van der Waals surface area contributed by atoms with Gasteiger partial charge in [-0.1, -0.05) is 74.0 Å². The molecule has 1 saturated carbocycles. The molecule has 0 bridgehead atoms. The molecule has 1 aliphatic carbocycles. The quantitative estimate of drug-likeness (QED) is 0.683. The van der Waals surface area contributed by atoms with Gasteiger partial charge in [-0.15, -0.1) is 0 Å². The highest BCUT2D eigenvalue weighted by Crippen LogP contribution is 2.22. The van der Waals surface area contributed by atoms with Gasteiger partial charge in [-0.25, -0.2) is 0 Å². The summed E-state index contributed by atoms with van der Waals surface area (Å²) in [6, 6.07) is 21.8. The Balaban J connectivity index is 1.73. The molecule has 26 heavy (non-hydrogen) atoms. The summed E-state index contributed by atoms with van der Waals surface area (Å²) in [6.45, 7) is 3.95. The van der Waals surface area contributed by atoms with Crippen molar-refractivity contribution in [3.8, 4) is 0 Å². The first-order valence-electron chi connectivity index (χ1n) is 9.86. The largest absolute Gasteiger partial charge is 0.353 e. The Morgan fingerprint density at radius 2 is 1.54 bits per heavy atom. The van der Waals surface area contributed by atoms with Crippen LogP contribution in [0.4, 0.5) is 0 Å². The first-order chi connectivity index (χ1) is 12.7. The van der Waals surface area contributed by atoms with Crippen molar-refractivity contribution in [1.82, 2.24) is 10.2 Å². The van der Waals surface area contributed by atoms with E-state index in [0.29, 0.717) is 12.5 Å². The van der Waals surface area contributed by atoms with Crippen molar-refractivity contribution in [2.75, 3.05) is 0 Å². The van der Waals surface area contributed by atoms with Gasteiger partial charge in [0.1, 0.15) is 0 Å². The van der Waals surface area contributed by atoms with Crippen molar-refractivity contribution < 1.29 is 4.79 Å². The number of amides is 1. The lowest BCUT2D eigenvalue weighted by Crippen LogP contribution is -2.39. The molecule has 2 aromatic rings. The van der Waals surface area contributed by atoms with Crippen molar-refractivity contribution >= 4 is 5.91 Å². The molecule has 0 spiro atoms. The number of carbonyl (C=O) groups excluding carboxylic acids is 1. The molecule has 0 heterocycles. The van der Waals surface area contributed by atoms with Crippen LogP contribution in [0.1, 0.15) is 50.2 Å². The monoisotopic (exact) mass is 350 g/mol. The Kier molecular flexibility index (Phi) is 6.84. The molecule has 0 radical (unpaired) electrons. The second kappa shape index (κ2) is 9.54. The highest BCUT2D eigenvalue weighted by Gasteiger charge is 2.26. The third kappa shape index (κ3) is 5.99. The molecular formula is C23H30N2O. The van der Waals surface area contributed by atoms with Gasteiger partial charge in [-0.05, 0) is 30.4 Å². The van der Waals surface area contributed by atoms with Crippen LogP contribution < -0.4 is 5.32 Å². The maximum absolute atomic E-state index is 12.5. The zero-order chi connectivity index (χ0) is 18.2. The fraction of sp³-hybridized carbons (Fsp3) is 0.435. The number of hydrogen-bond acceptors (Lipinski definition) is 2. The minimum absolute atomic E-state index is 0.206. The van der Waals surface area contributed by atoms with E-state index in [9.17, 15) is 4.79 Å². The summed E-state index contributed by atoms with van der Waals surface area (Å²) < 4.78 is 0. The highest BCUT2D eigenvalue weighted by molar-refractivity contribution is 5.77. The summed E-state index contributed by atoms with van der Waals surface area (Å²) in [6.07, 6.45) is 4.99. The molecule has 0 aromatic heterocycles. The zero-order valence-electron chi connectivity index (χ0n) is 15.7. The molecule has 2 aromatic carbocycles. The lowest BCUT2D eigenvalue weighted by atomic mass is 10.0. The van der Waals surface area contributed by atoms with Gasteiger partial charge >= 0.3 is 0 Å². The van der Waals surface area contributed by atoms with Crippen molar-refractivity contribution in [1.29, 1.82) is 0 Å². The third-order valence-electron chi connectivity index (χ3n) is 4.96. The van der Waals surface area contributed by atoms with Gasteiger partial charge in [0.2, 0.25) is 5.91 Å². The van der Waals surface area contributed by atoms with E-state index in [1.165, 1.54) is 11.1 Å². The maximum atomic E-state index is 12.5. The second-order valence-electron chi connectivity index (χ2n) is 7.36. The average molecular weight is 351 g/mol. The number of hydrogen-bond donors (Lipinski definition) is 1. The van der Waals surface area contributed by atoms with Gasteiger partial charge in [-0.2, -0.15) is 0 Å². The van der Waals surface area contributed by atoms with Gasteiger partial charge in [0.05, 0.1) is 0 Å². The molecule has 138 valence electrons. The van der Waals surface area contributed by atoms with Gasteiger partial charge < -0.3 is 5.32 Å². The maximum Gasteiger partial charge on any atom is 0.221 e. The summed E-state index contributed by atoms with van der Waals surface area (Å²) in [5.41, 5.74) is 2.60. The molecule has 0 aliphatic heterocycles. The Morgan fingerprint density at radius 1 is 1.00 bits per heavy atom. The van der Waals surface area contributed by atoms with E-state index in [-0.39, 0.29) is 11.9 Å². The Bertz CT molecular complexity index is 626. The van der Waals surface area contributed by atoms with E-state index < -0.39 is 0 Å². The molecule has 3 rings (SSSR count). The first-order valence-corrected chi connectivity index (χ1v) is 9.86. The number of nitrogens with one attached hydrogen (secondary N) is 1. The SMILES string of the molecule is CCC[C@H](CC(=O)NC1CC1)N(Cc1ccccc1)Cc1ccccc1. The van der Waals surface area contributed by atoms with Crippen LogP contribution >= 0.6 is 0 Å². The predicted molar refractivity (Wildman–Crippen MR) is 107 cm³/mol. The molecule has 3 heteroatoms. The lowest BCUT2D eigenvalue weighted by Gasteiger charge is -2.32. The van der Waals surface area contributed by atoms with Crippen LogP contribution in [0.15, 0.2) is 60.7 Å². The van der Waals surface area contributed by atoms with Gasteiger partial charge in [0, 0.05) is 31.6 Å². The molecule has 1 amide bonds. The summed E-state index contributed by atoms with van der Waals surface area (Å²) >= 11 is 0. The normalized spacial score (nSPS) is 15.0. The molecule has 0 saturated heterocycles. The fourth-order valence-corrected chi connectivity index (χ4v) is 3.43. The van der Waals surface area contributed by atoms with Gasteiger partial charge in [-0.3, -0.25) is 9.69 Å². The van der Waals surface area contributed by atoms with Gasteiger partial charge in [0.15, 0.2) is 0 Å². The van der Waals surface area contributed by atoms with Crippen LogP contribution in [0.2, 0.25) is 0 Å².